The van der Waals surface area contributed by atoms with E-state index in [0.29, 0.717) is 12.1 Å². The van der Waals surface area contributed by atoms with Crippen molar-refractivity contribution in [2.24, 2.45) is 0 Å². The fourth-order valence-electron chi connectivity index (χ4n) is 4.17. The maximum atomic E-state index is 14.0. The normalized spacial score (nSPS) is 12.8. The maximum Gasteiger partial charge on any atom is 0.264 e. The highest BCUT2D eigenvalue weighted by Crippen LogP contribution is 2.25. The van der Waals surface area contributed by atoms with Crippen molar-refractivity contribution < 1.29 is 18.0 Å². The van der Waals surface area contributed by atoms with Crippen LogP contribution < -0.4 is 9.62 Å². The summed E-state index contributed by atoms with van der Waals surface area (Å²) in [5, 5.41) is 2.99. The van der Waals surface area contributed by atoms with E-state index in [4.69, 9.17) is 0 Å². The first-order valence-electron chi connectivity index (χ1n) is 13.0. The van der Waals surface area contributed by atoms with Gasteiger partial charge in [0.05, 0.1) is 10.6 Å². The molecule has 0 aromatic heterocycles. The van der Waals surface area contributed by atoms with Crippen LogP contribution in [0.25, 0.3) is 0 Å². The van der Waals surface area contributed by atoms with Gasteiger partial charge >= 0.3 is 0 Å². The molecule has 8 heteroatoms. The van der Waals surface area contributed by atoms with E-state index in [1.165, 1.54) is 17.0 Å². The molecule has 2 amide bonds. The SMILES string of the molecule is CCC(C)NC(=O)C(CC)N(Cc1ccccc1)C(=O)CN(c1cccc(C)c1)S(=O)(=O)c1ccccc1. The van der Waals surface area contributed by atoms with Gasteiger partial charge in [-0.05, 0) is 62.1 Å². The number of hydrogen-bond acceptors (Lipinski definition) is 4. The summed E-state index contributed by atoms with van der Waals surface area (Å²) in [6, 6.07) is 23.7. The number of amides is 2. The molecule has 0 spiro atoms. The van der Waals surface area contributed by atoms with Gasteiger partial charge in [0, 0.05) is 12.6 Å². The van der Waals surface area contributed by atoms with Crippen LogP contribution in [0.5, 0.6) is 0 Å². The molecule has 0 aliphatic carbocycles. The summed E-state index contributed by atoms with van der Waals surface area (Å²) in [6.45, 7) is 7.35. The van der Waals surface area contributed by atoms with Crippen molar-refractivity contribution in [1.29, 1.82) is 0 Å². The van der Waals surface area contributed by atoms with Crippen LogP contribution in [0.4, 0.5) is 5.69 Å². The Balaban J connectivity index is 2.03. The fourth-order valence-corrected chi connectivity index (χ4v) is 5.60. The molecule has 38 heavy (non-hydrogen) atoms. The van der Waals surface area contributed by atoms with Crippen LogP contribution in [0.15, 0.2) is 89.8 Å². The van der Waals surface area contributed by atoms with Crippen molar-refractivity contribution in [3.63, 3.8) is 0 Å². The lowest BCUT2D eigenvalue weighted by molar-refractivity contribution is -0.140. The van der Waals surface area contributed by atoms with E-state index >= 15 is 0 Å². The average Bonchev–Trinajstić information content (AvgIpc) is 2.92. The molecular formula is C30H37N3O4S. The van der Waals surface area contributed by atoms with Crippen LogP contribution in [-0.2, 0) is 26.2 Å². The Morgan fingerprint density at radius 2 is 1.50 bits per heavy atom. The lowest BCUT2D eigenvalue weighted by atomic mass is 10.1. The topological polar surface area (TPSA) is 86.8 Å². The molecule has 3 rings (SSSR count). The molecule has 0 heterocycles. The van der Waals surface area contributed by atoms with Gasteiger partial charge in [-0.3, -0.25) is 13.9 Å². The van der Waals surface area contributed by atoms with Crippen molar-refractivity contribution in [3.8, 4) is 0 Å². The maximum absolute atomic E-state index is 14.0. The minimum atomic E-state index is -4.06. The predicted molar refractivity (Wildman–Crippen MR) is 151 cm³/mol. The number of carbonyl (C=O) groups is 2. The Labute approximate surface area is 226 Å². The second-order valence-corrected chi connectivity index (χ2v) is 11.3. The summed E-state index contributed by atoms with van der Waals surface area (Å²) in [6.07, 6.45) is 1.14. The zero-order valence-electron chi connectivity index (χ0n) is 22.5. The summed E-state index contributed by atoms with van der Waals surface area (Å²) in [4.78, 5) is 28.8. The summed E-state index contributed by atoms with van der Waals surface area (Å²) in [5.74, 6) is -0.708. The minimum Gasteiger partial charge on any atom is -0.352 e. The molecule has 1 N–H and O–H groups in total. The largest absolute Gasteiger partial charge is 0.352 e. The van der Waals surface area contributed by atoms with Gasteiger partial charge in [0.15, 0.2) is 0 Å². The summed E-state index contributed by atoms with van der Waals surface area (Å²) >= 11 is 0. The molecule has 0 saturated heterocycles. The van der Waals surface area contributed by atoms with Gasteiger partial charge in [0.25, 0.3) is 10.0 Å². The molecular weight excluding hydrogens is 498 g/mol. The van der Waals surface area contributed by atoms with Crippen molar-refractivity contribution in [3.05, 3.63) is 96.1 Å². The molecule has 0 aliphatic heterocycles. The number of benzene rings is 3. The molecule has 0 saturated carbocycles. The number of aryl methyl sites for hydroxylation is 1. The number of sulfonamides is 1. The Morgan fingerprint density at radius 1 is 0.868 bits per heavy atom. The summed E-state index contributed by atoms with van der Waals surface area (Å²) < 4.78 is 28.7. The van der Waals surface area contributed by atoms with Crippen LogP contribution in [0, 0.1) is 6.92 Å². The monoisotopic (exact) mass is 535 g/mol. The third-order valence-electron chi connectivity index (χ3n) is 6.48. The Bertz CT molecular complexity index is 1310. The van der Waals surface area contributed by atoms with E-state index in [9.17, 15) is 18.0 Å². The van der Waals surface area contributed by atoms with Gasteiger partial charge < -0.3 is 10.2 Å². The third-order valence-corrected chi connectivity index (χ3v) is 8.27. The molecule has 7 nitrogen and oxygen atoms in total. The van der Waals surface area contributed by atoms with Gasteiger partial charge in [0.2, 0.25) is 11.8 Å². The number of carbonyl (C=O) groups excluding carboxylic acids is 2. The van der Waals surface area contributed by atoms with Crippen LogP contribution in [-0.4, -0.2) is 43.8 Å². The Morgan fingerprint density at radius 3 is 2.08 bits per heavy atom. The molecule has 0 radical (unpaired) electrons. The Kier molecular flexibility index (Phi) is 10.1. The third kappa shape index (κ3) is 7.22. The molecule has 0 bridgehead atoms. The second-order valence-electron chi connectivity index (χ2n) is 9.41. The number of rotatable bonds is 12. The second kappa shape index (κ2) is 13.2. The first-order chi connectivity index (χ1) is 18.2. The lowest BCUT2D eigenvalue weighted by Crippen LogP contribution is -2.53. The molecule has 0 fully saturated rings. The summed E-state index contributed by atoms with van der Waals surface area (Å²) in [7, 11) is -4.06. The molecule has 3 aromatic carbocycles. The quantitative estimate of drug-likeness (QED) is 0.357. The van der Waals surface area contributed by atoms with Crippen LogP contribution >= 0.6 is 0 Å². The zero-order chi connectivity index (χ0) is 27.7. The van der Waals surface area contributed by atoms with Gasteiger partial charge in [-0.15, -0.1) is 0 Å². The van der Waals surface area contributed by atoms with E-state index < -0.39 is 28.5 Å². The van der Waals surface area contributed by atoms with Crippen molar-refractivity contribution in [2.75, 3.05) is 10.8 Å². The smallest absolute Gasteiger partial charge is 0.264 e. The predicted octanol–water partition coefficient (Wildman–Crippen LogP) is 4.91. The number of anilines is 1. The highest BCUT2D eigenvalue weighted by Gasteiger charge is 2.33. The Hall–Kier alpha value is -3.65. The number of hydrogen-bond donors (Lipinski definition) is 1. The van der Waals surface area contributed by atoms with Crippen molar-refractivity contribution in [1.82, 2.24) is 10.2 Å². The molecule has 2 atom stereocenters. The first-order valence-corrected chi connectivity index (χ1v) is 14.4. The zero-order valence-corrected chi connectivity index (χ0v) is 23.3. The van der Waals surface area contributed by atoms with E-state index in [0.717, 1.165) is 21.9 Å². The van der Waals surface area contributed by atoms with Gasteiger partial charge in [0.1, 0.15) is 12.6 Å². The fraction of sp³-hybridized carbons (Fsp3) is 0.333. The van der Waals surface area contributed by atoms with Crippen LogP contribution in [0.2, 0.25) is 0 Å². The van der Waals surface area contributed by atoms with E-state index in [2.05, 4.69) is 5.32 Å². The number of nitrogens with one attached hydrogen (secondary N) is 1. The average molecular weight is 536 g/mol. The molecule has 202 valence electrons. The standard InChI is InChI=1S/C30H37N3O4S/c1-5-24(4)31-30(35)28(6-2)32(21-25-15-9-7-10-16-25)29(34)22-33(26-17-13-14-23(3)20-26)38(36,37)27-18-11-8-12-19-27/h7-20,24,28H,5-6,21-22H2,1-4H3,(H,31,35). The highest BCUT2D eigenvalue weighted by molar-refractivity contribution is 7.92. The first kappa shape index (κ1) is 28.9. The van der Waals surface area contributed by atoms with Gasteiger partial charge in [-0.25, -0.2) is 8.42 Å². The van der Waals surface area contributed by atoms with Gasteiger partial charge in [-0.2, -0.15) is 0 Å². The van der Waals surface area contributed by atoms with E-state index in [-0.39, 0.29) is 23.4 Å². The molecule has 2 unspecified atom stereocenters. The summed E-state index contributed by atoms with van der Waals surface area (Å²) in [5.41, 5.74) is 2.10. The molecule has 3 aromatic rings. The number of nitrogens with zero attached hydrogens (tertiary/aromatic N) is 2. The van der Waals surface area contributed by atoms with E-state index in [1.807, 2.05) is 64.1 Å². The van der Waals surface area contributed by atoms with Crippen molar-refractivity contribution in [2.45, 2.75) is 64.1 Å². The lowest BCUT2D eigenvalue weighted by Gasteiger charge is -2.33. The van der Waals surface area contributed by atoms with Crippen LogP contribution in [0.3, 0.4) is 0 Å². The van der Waals surface area contributed by atoms with Crippen molar-refractivity contribution >= 4 is 27.5 Å². The van der Waals surface area contributed by atoms with Gasteiger partial charge in [-0.1, -0.05) is 74.5 Å². The highest BCUT2D eigenvalue weighted by atomic mass is 32.2. The van der Waals surface area contributed by atoms with Crippen LogP contribution in [0.1, 0.15) is 44.7 Å². The van der Waals surface area contributed by atoms with E-state index in [1.54, 1.807) is 36.4 Å². The molecule has 0 aliphatic rings. The minimum absolute atomic E-state index is 0.0486.